The highest BCUT2D eigenvalue weighted by Crippen LogP contribution is 2.24. The molecule has 1 unspecified atom stereocenters. The lowest BCUT2D eigenvalue weighted by molar-refractivity contribution is 0.0695. The molecule has 1 heterocycles. The number of phenols is 1. The average Bonchev–Trinajstić information content (AvgIpc) is 2.48. The number of carbonyl (C=O) groups is 1. The summed E-state index contributed by atoms with van der Waals surface area (Å²) in [6.45, 7) is 4.31. The van der Waals surface area contributed by atoms with Crippen molar-refractivity contribution in [2.45, 2.75) is 19.9 Å². The van der Waals surface area contributed by atoms with E-state index in [-0.39, 0.29) is 28.5 Å². The highest BCUT2D eigenvalue weighted by Gasteiger charge is 2.22. The molecule has 21 heavy (non-hydrogen) atoms. The van der Waals surface area contributed by atoms with E-state index in [4.69, 9.17) is 11.6 Å². The molecule has 0 aliphatic rings. The number of amides is 1. The Morgan fingerprint density at radius 1 is 1.38 bits per heavy atom. The number of aromatic hydroxyl groups is 1. The third-order valence-corrected chi connectivity index (χ3v) is 3.46. The molecule has 0 aliphatic heterocycles. The molecule has 0 spiro atoms. The number of hydrogen-bond acceptors (Lipinski definition) is 4. The highest BCUT2D eigenvalue weighted by molar-refractivity contribution is 6.29. The minimum absolute atomic E-state index is 0.175. The Morgan fingerprint density at radius 3 is 2.71 bits per heavy atom. The Bertz CT molecular complexity index is 631. The lowest BCUT2D eigenvalue weighted by Crippen LogP contribution is -2.34. The van der Waals surface area contributed by atoms with Gasteiger partial charge in [0.25, 0.3) is 5.91 Å². The first-order chi connectivity index (χ1) is 10.0. The van der Waals surface area contributed by atoms with Crippen molar-refractivity contribution in [3.63, 3.8) is 0 Å². The van der Waals surface area contributed by atoms with Crippen LogP contribution < -0.4 is 0 Å². The largest absolute Gasteiger partial charge is 0.508 e. The maximum atomic E-state index is 12.5. The van der Waals surface area contributed by atoms with Crippen LogP contribution in [-0.2, 0) is 0 Å². The van der Waals surface area contributed by atoms with Crippen molar-refractivity contribution in [3.8, 4) is 5.75 Å². The van der Waals surface area contributed by atoms with Gasteiger partial charge in [0, 0.05) is 6.54 Å². The lowest BCUT2D eigenvalue weighted by atomic mass is 10.1. The molecule has 0 bridgehead atoms. The Morgan fingerprint density at radius 2 is 2.14 bits per heavy atom. The number of rotatable bonds is 4. The van der Waals surface area contributed by atoms with Crippen molar-refractivity contribution >= 4 is 17.5 Å². The second kappa shape index (κ2) is 6.54. The van der Waals surface area contributed by atoms with E-state index in [1.807, 2.05) is 19.9 Å². The van der Waals surface area contributed by atoms with Crippen molar-refractivity contribution in [3.05, 3.63) is 53.1 Å². The molecule has 110 valence electrons. The molecular formula is C15H16ClN3O2. The van der Waals surface area contributed by atoms with E-state index in [0.29, 0.717) is 6.54 Å². The second-order valence-corrected chi connectivity index (χ2v) is 4.97. The van der Waals surface area contributed by atoms with Gasteiger partial charge in [-0.2, -0.15) is 0 Å². The van der Waals surface area contributed by atoms with E-state index in [1.165, 1.54) is 12.4 Å². The first kappa shape index (κ1) is 15.3. The standard InChI is InChI=1S/C15H16ClN3O2/c1-3-19(10(2)11-5-4-6-12(20)7-11)15(21)13-8-18-14(16)9-17-13/h4-10,20H,3H2,1-2H3. The summed E-state index contributed by atoms with van der Waals surface area (Å²) in [5, 5.41) is 9.81. The van der Waals surface area contributed by atoms with Gasteiger partial charge in [0.1, 0.15) is 16.6 Å². The number of nitrogens with zero attached hydrogens (tertiary/aromatic N) is 3. The van der Waals surface area contributed by atoms with Gasteiger partial charge in [-0.25, -0.2) is 9.97 Å². The summed E-state index contributed by atoms with van der Waals surface area (Å²) in [6, 6.07) is 6.68. The van der Waals surface area contributed by atoms with Crippen molar-refractivity contribution in [2.75, 3.05) is 6.54 Å². The van der Waals surface area contributed by atoms with Crippen molar-refractivity contribution in [1.29, 1.82) is 0 Å². The van der Waals surface area contributed by atoms with Gasteiger partial charge >= 0.3 is 0 Å². The molecule has 1 amide bonds. The van der Waals surface area contributed by atoms with Crippen molar-refractivity contribution < 1.29 is 9.90 Å². The molecule has 5 nitrogen and oxygen atoms in total. The zero-order valence-corrected chi connectivity index (χ0v) is 12.6. The number of carbonyl (C=O) groups excluding carboxylic acids is 1. The van der Waals surface area contributed by atoms with E-state index in [2.05, 4.69) is 9.97 Å². The molecule has 0 fully saturated rings. The first-order valence-electron chi connectivity index (χ1n) is 6.60. The summed E-state index contributed by atoms with van der Waals surface area (Å²) in [5.41, 5.74) is 1.10. The van der Waals surface area contributed by atoms with E-state index in [1.54, 1.807) is 23.1 Å². The van der Waals surface area contributed by atoms with Gasteiger partial charge < -0.3 is 10.0 Å². The molecule has 0 aliphatic carbocycles. The fourth-order valence-corrected chi connectivity index (χ4v) is 2.23. The SMILES string of the molecule is CCN(C(=O)c1cnc(Cl)cn1)C(C)c1cccc(O)c1. The maximum absolute atomic E-state index is 12.5. The number of halogens is 1. The normalized spacial score (nSPS) is 12.0. The molecule has 6 heteroatoms. The Hall–Kier alpha value is -2.14. The highest BCUT2D eigenvalue weighted by atomic mass is 35.5. The predicted octanol–water partition coefficient (Wildman–Crippen LogP) is 3.06. The van der Waals surface area contributed by atoms with Crippen LogP contribution in [0.15, 0.2) is 36.7 Å². The van der Waals surface area contributed by atoms with Crippen LogP contribution in [0, 0.1) is 0 Å². The average molecular weight is 306 g/mol. The van der Waals surface area contributed by atoms with Gasteiger partial charge in [-0.15, -0.1) is 0 Å². The smallest absolute Gasteiger partial charge is 0.274 e. The number of phenolic OH excluding ortho intramolecular Hbond substituents is 1. The van der Waals surface area contributed by atoms with Gasteiger partial charge in [0.2, 0.25) is 0 Å². The summed E-state index contributed by atoms with van der Waals surface area (Å²) < 4.78 is 0. The molecule has 1 atom stereocenters. The Balaban J connectivity index is 2.26. The predicted molar refractivity (Wildman–Crippen MR) is 80.3 cm³/mol. The number of aromatic nitrogens is 2. The summed E-state index contributed by atoms with van der Waals surface area (Å²) >= 11 is 5.68. The van der Waals surface area contributed by atoms with Crippen LogP contribution in [0.5, 0.6) is 5.75 Å². The molecule has 1 aromatic carbocycles. The summed E-state index contributed by atoms with van der Waals surface area (Å²) in [5.74, 6) is -0.0494. The van der Waals surface area contributed by atoms with Crippen LogP contribution in [0.4, 0.5) is 0 Å². The van der Waals surface area contributed by atoms with Crippen LogP contribution in [0.2, 0.25) is 5.15 Å². The molecule has 1 aromatic heterocycles. The number of benzene rings is 1. The molecule has 2 aromatic rings. The third kappa shape index (κ3) is 3.49. The monoisotopic (exact) mass is 305 g/mol. The topological polar surface area (TPSA) is 66.3 Å². The van der Waals surface area contributed by atoms with Gasteiger partial charge in [-0.3, -0.25) is 4.79 Å². The molecule has 2 rings (SSSR count). The van der Waals surface area contributed by atoms with E-state index in [9.17, 15) is 9.90 Å². The van der Waals surface area contributed by atoms with Gasteiger partial charge in [-0.1, -0.05) is 23.7 Å². The molecule has 1 N–H and O–H groups in total. The molecular weight excluding hydrogens is 290 g/mol. The fraction of sp³-hybridized carbons (Fsp3) is 0.267. The van der Waals surface area contributed by atoms with Gasteiger partial charge in [0.05, 0.1) is 18.4 Å². The van der Waals surface area contributed by atoms with E-state index < -0.39 is 0 Å². The Kier molecular flexibility index (Phi) is 4.75. The van der Waals surface area contributed by atoms with Gasteiger partial charge in [-0.05, 0) is 31.5 Å². The van der Waals surface area contributed by atoms with Crippen LogP contribution in [0.1, 0.15) is 35.9 Å². The molecule has 0 saturated carbocycles. The Labute approximate surface area is 128 Å². The zero-order chi connectivity index (χ0) is 15.4. The van der Waals surface area contributed by atoms with Crippen LogP contribution in [0.25, 0.3) is 0 Å². The minimum Gasteiger partial charge on any atom is -0.508 e. The van der Waals surface area contributed by atoms with Crippen LogP contribution in [0.3, 0.4) is 0 Å². The second-order valence-electron chi connectivity index (χ2n) is 4.59. The van der Waals surface area contributed by atoms with E-state index >= 15 is 0 Å². The summed E-state index contributed by atoms with van der Waals surface area (Å²) in [6.07, 6.45) is 2.71. The summed E-state index contributed by atoms with van der Waals surface area (Å²) in [7, 11) is 0. The van der Waals surface area contributed by atoms with Crippen molar-refractivity contribution in [1.82, 2.24) is 14.9 Å². The first-order valence-corrected chi connectivity index (χ1v) is 6.98. The fourth-order valence-electron chi connectivity index (χ4n) is 2.13. The molecule has 0 radical (unpaired) electrons. The van der Waals surface area contributed by atoms with Crippen LogP contribution >= 0.6 is 11.6 Å². The van der Waals surface area contributed by atoms with Gasteiger partial charge in [0.15, 0.2) is 0 Å². The third-order valence-electron chi connectivity index (χ3n) is 3.26. The van der Waals surface area contributed by atoms with Crippen molar-refractivity contribution in [2.24, 2.45) is 0 Å². The maximum Gasteiger partial charge on any atom is 0.274 e. The van der Waals surface area contributed by atoms with Crippen LogP contribution in [-0.4, -0.2) is 32.4 Å². The zero-order valence-electron chi connectivity index (χ0n) is 11.8. The quantitative estimate of drug-likeness (QED) is 0.942. The minimum atomic E-state index is -0.225. The summed E-state index contributed by atoms with van der Waals surface area (Å²) in [4.78, 5) is 22.0. The number of hydrogen-bond donors (Lipinski definition) is 1. The molecule has 0 saturated heterocycles. The lowest BCUT2D eigenvalue weighted by Gasteiger charge is -2.28. The van der Waals surface area contributed by atoms with E-state index in [0.717, 1.165) is 5.56 Å².